The Morgan fingerprint density at radius 2 is 1.93 bits per heavy atom. The second-order valence-corrected chi connectivity index (χ2v) is 6.78. The Hall–Kier alpha value is -2.73. The summed E-state index contributed by atoms with van der Waals surface area (Å²) in [6, 6.07) is 3.82. The van der Waals surface area contributed by atoms with Crippen LogP contribution in [0.1, 0.15) is 12.1 Å². The number of hydrogen-bond donors (Lipinski definition) is 0. The zero-order valence-electron chi connectivity index (χ0n) is 16.1. The van der Waals surface area contributed by atoms with Crippen LogP contribution in [0.25, 0.3) is 0 Å². The van der Waals surface area contributed by atoms with Gasteiger partial charge in [-0.2, -0.15) is 5.26 Å². The molecule has 1 aliphatic heterocycles. The van der Waals surface area contributed by atoms with Crippen molar-refractivity contribution in [3.63, 3.8) is 0 Å². The van der Waals surface area contributed by atoms with Crippen molar-refractivity contribution >= 4 is 17.6 Å². The van der Waals surface area contributed by atoms with Gasteiger partial charge in [0.25, 0.3) is 0 Å². The van der Waals surface area contributed by atoms with Gasteiger partial charge in [0.05, 0.1) is 6.07 Å². The first-order chi connectivity index (χ1) is 12.9. The molecule has 1 aliphatic rings. The lowest BCUT2D eigenvalue weighted by molar-refractivity contribution is -0.136. The largest absolute Gasteiger partial charge is 0.375 e. The summed E-state index contributed by atoms with van der Waals surface area (Å²) >= 11 is 0. The van der Waals surface area contributed by atoms with E-state index in [1.54, 1.807) is 9.80 Å². The molecule has 1 aromatic rings. The van der Waals surface area contributed by atoms with Crippen molar-refractivity contribution in [3.8, 4) is 6.07 Å². The van der Waals surface area contributed by atoms with Crippen molar-refractivity contribution in [2.45, 2.75) is 12.8 Å². The van der Waals surface area contributed by atoms with E-state index in [9.17, 15) is 9.59 Å². The van der Waals surface area contributed by atoms with Crippen molar-refractivity contribution in [1.82, 2.24) is 19.8 Å². The first-order valence-corrected chi connectivity index (χ1v) is 8.84. The number of ether oxygens (including phenoxy) is 1. The second-order valence-electron chi connectivity index (χ2n) is 6.78. The van der Waals surface area contributed by atoms with Gasteiger partial charge in [-0.05, 0) is 12.3 Å². The van der Waals surface area contributed by atoms with Crippen LogP contribution in [-0.4, -0.2) is 85.6 Å². The minimum atomic E-state index is -0.208. The molecule has 1 unspecified atom stereocenters. The molecule has 0 aromatic carbocycles. The summed E-state index contributed by atoms with van der Waals surface area (Å²) in [5.74, 6) is 0.508. The Morgan fingerprint density at radius 1 is 1.26 bits per heavy atom. The van der Waals surface area contributed by atoms with Gasteiger partial charge < -0.3 is 19.4 Å². The molecule has 1 fully saturated rings. The van der Waals surface area contributed by atoms with Crippen LogP contribution in [0.5, 0.6) is 0 Å². The van der Waals surface area contributed by atoms with Crippen LogP contribution < -0.4 is 4.90 Å². The van der Waals surface area contributed by atoms with Crippen LogP contribution in [0.15, 0.2) is 12.4 Å². The fourth-order valence-electron chi connectivity index (χ4n) is 3.12. The summed E-state index contributed by atoms with van der Waals surface area (Å²) in [7, 11) is 5.30. The van der Waals surface area contributed by atoms with Crippen LogP contribution in [0, 0.1) is 17.2 Å². The van der Waals surface area contributed by atoms with Gasteiger partial charge in [0, 0.05) is 59.1 Å². The summed E-state index contributed by atoms with van der Waals surface area (Å²) in [4.78, 5) is 38.4. The lowest BCUT2D eigenvalue weighted by atomic mass is 10.0. The maximum atomic E-state index is 12.3. The Morgan fingerprint density at radius 3 is 2.52 bits per heavy atom. The molecule has 0 N–H and O–H groups in total. The van der Waals surface area contributed by atoms with E-state index < -0.39 is 0 Å². The van der Waals surface area contributed by atoms with Crippen molar-refractivity contribution in [2.24, 2.45) is 5.92 Å². The van der Waals surface area contributed by atoms with Crippen LogP contribution in [-0.2, 0) is 20.7 Å². The number of hydrogen-bond acceptors (Lipinski definition) is 7. The van der Waals surface area contributed by atoms with Crippen molar-refractivity contribution in [1.29, 1.82) is 5.26 Å². The average molecular weight is 374 g/mol. The number of rotatable bonds is 6. The van der Waals surface area contributed by atoms with E-state index in [1.807, 2.05) is 31.1 Å². The molecule has 27 heavy (non-hydrogen) atoms. The topological polar surface area (TPSA) is 103 Å². The quantitative estimate of drug-likeness (QED) is 0.687. The van der Waals surface area contributed by atoms with E-state index in [4.69, 9.17) is 10.00 Å². The predicted octanol–water partition coefficient (Wildman–Crippen LogP) is -0.0678. The zero-order valence-corrected chi connectivity index (χ0v) is 16.1. The summed E-state index contributed by atoms with van der Waals surface area (Å²) in [5.41, 5.74) is 0.854. The second kappa shape index (κ2) is 9.83. The van der Waals surface area contributed by atoms with Crippen LogP contribution in [0.2, 0.25) is 0 Å². The molecule has 2 heterocycles. The van der Waals surface area contributed by atoms with Gasteiger partial charge in [-0.3, -0.25) is 9.59 Å². The number of aromatic nitrogens is 2. The molecule has 0 saturated carbocycles. The lowest BCUT2D eigenvalue weighted by Crippen LogP contribution is -2.38. The summed E-state index contributed by atoms with van der Waals surface area (Å²) in [6.07, 6.45) is 1.97. The van der Waals surface area contributed by atoms with E-state index in [0.29, 0.717) is 32.6 Å². The van der Waals surface area contributed by atoms with E-state index in [2.05, 4.69) is 9.97 Å². The number of methoxy groups -OCH3 is 1. The highest BCUT2D eigenvalue weighted by molar-refractivity contribution is 5.79. The van der Waals surface area contributed by atoms with Gasteiger partial charge in [0.15, 0.2) is 0 Å². The van der Waals surface area contributed by atoms with Gasteiger partial charge in [-0.25, -0.2) is 9.97 Å². The number of carbonyl (C=O) groups excluding carboxylic acids is 2. The first-order valence-electron chi connectivity index (χ1n) is 8.84. The smallest absolute Gasteiger partial charge is 0.248 e. The molecule has 1 saturated heterocycles. The lowest BCUT2D eigenvalue weighted by Gasteiger charge is -2.24. The molecule has 1 atom stereocenters. The third-order valence-corrected chi connectivity index (χ3v) is 4.47. The van der Waals surface area contributed by atoms with E-state index in [1.165, 1.54) is 13.4 Å². The number of carbonyl (C=O) groups is 2. The maximum absolute atomic E-state index is 12.3. The molecule has 0 aliphatic carbocycles. The molecule has 9 nitrogen and oxygen atoms in total. The molecule has 0 radical (unpaired) electrons. The fraction of sp³-hybridized carbons (Fsp3) is 0.611. The van der Waals surface area contributed by atoms with Crippen LogP contribution in [0.4, 0.5) is 5.82 Å². The molecule has 2 amide bonds. The first kappa shape index (κ1) is 20.6. The minimum Gasteiger partial charge on any atom is -0.375 e. The van der Waals surface area contributed by atoms with Gasteiger partial charge in [-0.1, -0.05) is 0 Å². The standard InChI is InChI=1S/C18H26N6O3/c1-22(2)16-9-15(20-13-21-16)8-14-10-23(17(25)4-5-19)6-7-24(11-14)18(26)12-27-3/h9,13-14H,4,6-8,10-12H2,1-3H3. The number of nitriles is 1. The summed E-state index contributed by atoms with van der Waals surface area (Å²) < 4.78 is 4.97. The summed E-state index contributed by atoms with van der Waals surface area (Å²) in [6.45, 7) is 1.86. The van der Waals surface area contributed by atoms with Crippen molar-refractivity contribution in [3.05, 3.63) is 18.1 Å². The monoisotopic (exact) mass is 374 g/mol. The molecule has 0 bridgehead atoms. The number of amides is 2. The Balaban J connectivity index is 2.18. The van der Waals surface area contributed by atoms with Crippen LogP contribution >= 0.6 is 0 Å². The molecule has 2 rings (SSSR count). The molecule has 1 aromatic heterocycles. The molecule has 0 spiro atoms. The van der Waals surface area contributed by atoms with Gasteiger partial charge >= 0.3 is 0 Å². The van der Waals surface area contributed by atoms with E-state index in [-0.39, 0.29) is 30.8 Å². The van der Waals surface area contributed by atoms with E-state index >= 15 is 0 Å². The van der Waals surface area contributed by atoms with E-state index in [0.717, 1.165) is 11.5 Å². The predicted molar refractivity (Wildman–Crippen MR) is 98.8 cm³/mol. The minimum absolute atomic E-state index is 0.0111. The normalized spacial score (nSPS) is 17.2. The van der Waals surface area contributed by atoms with Gasteiger partial charge in [0.1, 0.15) is 25.2 Å². The van der Waals surface area contributed by atoms with Crippen LogP contribution in [0.3, 0.4) is 0 Å². The third kappa shape index (κ3) is 5.89. The summed E-state index contributed by atoms with van der Waals surface area (Å²) in [5, 5.41) is 8.83. The molecular weight excluding hydrogens is 348 g/mol. The van der Waals surface area contributed by atoms with Crippen molar-refractivity contribution < 1.29 is 14.3 Å². The Kier molecular flexibility index (Phi) is 7.49. The average Bonchev–Trinajstić information content (AvgIpc) is 2.85. The highest BCUT2D eigenvalue weighted by Gasteiger charge is 2.28. The number of anilines is 1. The molecular formula is C18H26N6O3. The Bertz CT molecular complexity index is 703. The highest BCUT2D eigenvalue weighted by Crippen LogP contribution is 2.17. The zero-order chi connectivity index (χ0) is 19.8. The number of nitrogens with zero attached hydrogens (tertiary/aromatic N) is 6. The van der Waals surface area contributed by atoms with Crippen molar-refractivity contribution in [2.75, 3.05) is 58.9 Å². The Labute approximate surface area is 159 Å². The van der Waals surface area contributed by atoms with Gasteiger partial charge in [-0.15, -0.1) is 0 Å². The molecule has 9 heteroatoms. The third-order valence-electron chi connectivity index (χ3n) is 4.47. The maximum Gasteiger partial charge on any atom is 0.248 e. The fourth-order valence-corrected chi connectivity index (χ4v) is 3.12. The SMILES string of the molecule is COCC(=O)N1CCN(C(=O)CC#N)CC(Cc2cc(N(C)C)ncn2)C1. The molecule has 146 valence electrons. The van der Waals surface area contributed by atoms with Gasteiger partial charge in [0.2, 0.25) is 11.8 Å². The highest BCUT2D eigenvalue weighted by atomic mass is 16.5.